The third kappa shape index (κ3) is 2.29. The van der Waals surface area contributed by atoms with E-state index in [-0.39, 0.29) is 0 Å². The molecule has 2 rings (SSSR count). The van der Waals surface area contributed by atoms with Crippen LogP contribution in [0.2, 0.25) is 0 Å². The van der Waals surface area contributed by atoms with E-state index in [1.807, 2.05) is 0 Å². The second kappa shape index (κ2) is 4.99. The second-order valence-electron chi connectivity index (χ2n) is 4.42. The zero-order valence-corrected chi connectivity index (χ0v) is 10.9. The van der Waals surface area contributed by atoms with Gasteiger partial charge in [0, 0.05) is 19.1 Å². The molecule has 0 amide bonds. The molecular formula is C11H20N4S. The van der Waals surface area contributed by atoms with Crippen molar-refractivity contribution < 1.29 is 0 Å². The van der Waals surface area contributed by atoms with Gasteiger partial charge in [-0.15, -0.1) is 5.10 Å². The van der Waals surface area contributed by atoms with Gasteiger partial charge in [0.05, 0.1) is 0 Å². The smallest absolute Gasteiger partial charge is 0.225 e. The fourth-order valence-corrected chi connectivity index (χ4v) is 2.31. The fourth-order valence-electron chi connectivity index (χ4n) is 2.03. The van der Waals surface area contributed by atoms with Crippen molar-refractivity contribution in [3.05, 3.63) is 4.77 Å². The summed E-state index contributed by atoms with van der Waals surface area (Å²) in [5.74, 6) is 1.04. The van der Waals surface area contributed by atoms with Crippen LogP contribution >= 0.6 is 12.2 Å². The first-order chi connectivity index (χ1) is 7.77. The lowest BCUT2D eigenvalue weighted by Crippen LogP contribution is -2.28. The van der Waals surface area contributed by atoms with Crippen LogP contribution in [0.15, 0.2) is 0 Å². The summed E-state index contributed by atoms with van der Waals surface area (Å²) in [5, 5.41) is 7.32. The monoisotopic (exact) mass is 240 g/mol. The van der Waals surface area contributed by atoms with Gasteiger partial charge in [-0.2, -0.15) is 0 Å². The lowest BCUT2D eigenvalue weighted by atomic mass is 10.4. The molecule has 0 unspecified atom stereocenters. The Bertz CT molecular complexity index is 385. The molecule has 0 saturated heterocycles. The van der Waals surface area contributed by atoms with Crippen molar-refractivity contribution in [2.75, 3.05) is 18.0 Å². The average Bonchev–Trinajstić information content (AvgIpc) is 3.02. The molecule has 4 nitrogen and oxygen atoms in total. The molecule has 1 aromatic rings. The predicted molar refractivity (Wildman–Crippen MR) is 68.5 cm³/mol. The zero-order valence-electron chi connectivity index (χ0n) is 10.1. The van der Waals surface area contributed by atoms with Gasteiger partial charge < -0.3 is 4.90 Å². The van der Waals surface area contributed by atoms with Crippen molar-refractivity contribution in [1.29, 1.82) is 0 Å². The highest BCUT2D eigenvalue weighted by Crippen LogP contribution is 2.37. The Morgan fingerprint density at radius 1 is 1.38 bits per heavy atom. The molecule has 0 atom stereocenters. The van der Waals surface area contributed by atoms with Crippen LogP contribution in [-0.4, -0.2) is 27.9 Å². The topological polar surface area (TPSA) is 36.9 Å². The van der Waals surface area contributed by atoms with Crippen LogP contribution in [0.1, 0.15) is 45.6 Å². The molecule has 1 saturated carbocycles. The van der Waals surface area contributed by atoms with E-state index in [9.17, 15) is 0 Å². The van der Waals surface area contributed by atoms with Crippen LogP contribution in [0.4, 0.5) is 5.95 Å². The number of aromatic amines is 1. The molecule has 1 heterocycles. The summed E-state index contributed by atoms with van der Waals surface area (Å²) in [6, 6.07) is 0.595. The minimum atomic E-state index is 0.595. The third-order valence-corrected chi connectivity index (χ3v) is 3.16. The van der Waals surface area contributed by atoms with Gasteiger partial charge >= 0.3 is 0 Å². The second-order valence-corrected chi connectivity index (χ2v) is 4.80. The molecule has 1 N–H and O–H groups in total. The molecule has 1 aromatic heterocycles. The standard InChI is InChI=1S/C11H20N4S/c1-3-7-14(8-4-2)10-12-13-11(16)15(10)9-5-6-9/h9H,3-8H2,1-2H3,(H,13,16). The maximum absolute atomic E-state index is 5.29. The number of hydrogen-bond acceptors (Lipinski definition) is 3. The molecule has 90 valence electrons. The van der Waals surface area contributed by atoms with Crippen LogP contribution in [0.3, 0.4) is 0 Å². The molecule has 0 aromatic carbocycles. The van der Waals surface area contributed by atoms with Gasteiger partial charge in [-0.1, -0.05) is 13.8 Å². The van der Waals surface area contributed by atoms with Crippen LogP contribution in [-0.2, 0) is 0 Å². The Morgan fingerprint density at radius 2 is 2.00 bits per heavy atom. The van der Waals surface area contributed by atoms with E-state index in [4.69, 9.17) is 12.2 Å². The summed E-state index contributed by atoms with van der Waals surface area (Å²) < 4.78 is 2.97. The lowest BCUT2D eigenvalue weighted by molar-refractivity contribution is 0.659. The van der Waals surface area contributed by atoms with Gasteiger partial charge in [0.1, 0.15) is 0 Å². The molecule has 0 aliphatic heterocycles. The molecule has 1 fully saturated rings. The number of H-pyrrole nitrogens is 1. The Hall–Kier alpha value is -0.840. The Kier molecular flexibility index (Phi) is 3.63. The van der Waals surface area contributed by atoms with E-state index in [1.54, 1.807) is 0 Å². The summed E-state index contributed by atoms with van der Waals surface area (Å²) in [6.07, 6.45) is 4.77. The van der Waals surface area contributed by atoms with Crippen LogP contribution in [0, 0.1) is 4.77 Å². The zero-order chi connectivity index (χ0) is 11.5. The SMILES string of the molecule is CCCN(CCC)c1n[nH]c(=S)n1C1CC1. The first-order valence-corrected chi connectivity index (χ1v) is 6.60. The maximum Gasteiger partial charge on any atom is 0.225 e. The molecule has 1 aliphatic rings. The van der Waals surface area contributed by atoms with Crippen molar-refractivity contribution in [1.82, 2.24) is 14.8 Å². The first-order valence-electron chi connectivity index (χ1n) is 6.19. The van der Waals surface area contributed by atoms with E-state index >= 15 is 0 Å². The summed E-state index contributed by atoms with van der Waals surface area (Å²) in [4.78, 5) is 2.34. The Labute approximate surface area is 102 Å². The lowest BCUT2D eigenvalue weighted by Gasteiger charge is -2.22. The number of aromatic nitrogens is 3. The van der Waals surface area contributed by atoms with Crippen molar-refractivity contribution >= 4 is 18.2 Å². The quantitative estimate of drug-likeness (QED) is 0.777. The van der Waals surface area contributed by atoms with Crippen molar-refractivity contribution in [2.24, 2.45) is 0 Å². The van der Waals surface area contributed by atoms with Crippen LogP contribution < -0.4 is 4.90 Å². The summed E-state index contributed by atoms with van der Waals surface area (Å²) >= 11 is 5.29. The number of nitrogens with one attached hydrogen (secondary N) is 1. The van der Waals surface area contributed by atoms with Gasteiger partial charge in [0.25, 0.3) is 0 Å². The highest BCUT2D eigenvalue weighted by atomic mass is 32.1. The number of rotatable bonds is 6. The average molecular weight is 240 g/mol. The molecule has 0 bridgehead atoms. The highest BCUT2D eigenvalue weighted by Gasteiger charge is 2.28. The minimum absolute atomic E-state index is 0.595. The summed E-state index contributed by atoms with van der Waals surface area (Å²) in [5.41, 5.74) is 0. The summed E-state index contributed by atoms with van der Waals surface area (Å²) in [7, 11) is 0. The largest absolute Gasteiger partial charge is 0.341 e. The number of anilines is 1. The van der Waals surface area contributed by atoms with Crippen molar-refractivity contribution in [2.45, 2.75) is 45.6 Å². The van der Waals surface area contributed by atoms with Crippen LogP contribution in [0.25, 0.3) is 0 Å². The third-order valence-electron chi connectivity index (χ3n) is 2.87. The molecule has 0 radical (unpaired) electrons. The van der Waals surface area contributed by atoms with Crippen molar-refractivity contribution in [3.8, 4) is 0 Å². The van der Waals surface area contributed by atoms with Gasteiger partial charge in [-0.25, -0.2) is 5.10 Å². The number of hydrogen-bond donors (Lipinski definition) is 1. The fraction of sp³-hybridized carbons (Fsp3) is 0.818. The Morgan fingerprint density at radius 3 is 2.50 bits per heavy atom. The van der Waals surface area contributed by atoms with E-state index in [0.717, 1.165) is 36.7 Å². The Balaban J connectivity index is 2.25. The van der Waals surface area contributed by atoms with Gasteiger partial charge in [0.2, 0.25) is 5.95 Å². The molecule has 1 aliphatic carbocycles. The molecule has 5 heteroatoms. The normalized spacial score (nSPS) is 15.4. The molecular weight excluding hydrogens is 220 g/mol. The van der Waals surface area contributed by atoms with E-state index in [2.05, 4.69) is 33.5 Å². The first kappa shape index (κ1) is 11.6. The predicted octanol–water partition coefficient (Wildman–Crippen LogP) is 2.90. The minimum Gasteiger partial charge on any atom is -0.341 e. The van der Waals surface area contributed by atoms with Gasteiger partial charge in [-0.05, 0) is 37.9 Å². The molecule has 0 spiro atoms. The van der Waals surface area contributed by atoms with Gasteiger partial charge in [-0.3, -0.25) is 4.57 Å². The summed E-state index contributed by atoms with van der Waals surface area (Å²) in [6.45, 7) is 6.51. The van der Waals surface area contributed by atoms with E-state index in [1.165, 1.54) is 12.8 Å². The molecule has 16 heavy (non-hydrogen) atoms. The highest BCUT2D eigenvalue weighted by molar-refractivity contribution is 7.71. The van der Waals surface area contributed by atoms with Crippen LogP contribution in [0.5, 0.6) is 0 Å². The van der Waals surface area contributed by atoms with E-state index < -0.39 is 0 Å². The number of nitrogens with zero attached hydrogens (tertiary/aromatic N) is 3. The maximum atomic E-state index is 5.29. The van der Waals surface area contributed by atoms with E-state index in [0.29, 0.717) is 6.04 Å². The van der Waals surface area contributed by atoms with Crippen molar-refractivity contribution in [3.63, 3.8) is 0 Å². The van der Waals surface area contributed by atoms with Gasteiger partial charge in [0.15, 0.2) is 4.77 Å².